The smallest absolute Gasteiger partial charge is 0.333 e. The number of fused-ring (bicyclic) bond motifs is 1. The Kier molecular flexibility index (Phi) is 9.60. The molecule has 2 amide bonds. The van der Waals surface area contributed by atoms with Gasteiger partial charge in [-0.25, -0.2) is 4.98 Å². The molecule has 3 rings (SSSR count). The van der Waals surface area contributed by atoms with E-state index in [4.69, 9.17) is 9.47 Å². The van der Waals surface area contributed by atoms with Crippen molar-refractivity contribution in [1.29, 1.82) is 0 Å². The van der Waals surface area contributed by atoms with Gasteiger partial charge in [0.25, 0.3) is 5.82 Å². The summed E-state index contributed by atoms with van der Waals surface area (Å²) in [6, 6.07) is 5.44. The number of ether oxygens (including phenoxy) is 2. The van der Waals surface area contributed by atoms with Gasteiger partial charge in [0.15, 0.2) is 0 Å². The molecule has 2 N–H and O–H groups in total. The molecule has 0 unspecified atom stereocenters. The first kappa shape index (κ1) is 26.9. The summed E-state index contributed by atoms with van der Waals surface area (Å²) in [6.07, 6.45) is 4.73. The average Bonchev–Trinajstić information content (AvgIpc) is 2.87. The Morgan fingerprint density at radius 2 is 1.89 bits per heavy atom. The van der Waals surface area contributed by atoms with E-state index in [0.717, 1.165) is 12.0 Å². The van der Waals surface area contributed by atoms with Crippen LogP contribution >= 0.6 is 0 Å². The first-order chi connectivity index (χ1) is 17.3. The fourth-order valence-corrected chi connectivity index (χ4v) is 3.76. The predicted octanol–water partition coefficient (Wildman–Crippen LogP) is 1.27. The van der Waals surface area contributed by atoms with E-state index in [-0.39, 0.29) is 23.9 Å². The van der Waals surface area contributed by atoms with Gasteiger partial charge in [-0.3, -0.25) is 34.2 Å². The number of amides is 2. The third-order valence-electron chi connectivity index (χ3n) is 5.59. The third kappa shape index (κ3) is 6.70. The molecule has 3 aromatic rings. The number of aromatic nitrogens is 4. The number of nitrogens with two attached hydrogens (primary N) is 1. The molecule has 0 aliphatic rings. The molecular formula is C25H33N6O5+. The molecule has 0 spiro atoms. The summed E-state index contributed by atoms with van der Waals surface area (Å²) in [4.78, 5) is 51.1. The van der Waals surface area contributed by atoms with Crippen molar-refractivity contribution in [3.8, 4) is 17.1 Å². The summed E-state index contributed by atoms with van der Waals surface area (Å²) in [7, 11) is 1.55. The van der Waals surface area contributed by atoms with Crippen LogP contribution in [-0.2, 0) is 20.9 Å². The zero-order valence-corrected chi connectivity index (χ0v) is 21.2. The van der Waals surface area contributed by atoms with Crippen molar-refractivity contribution in [2.45, 2.75) is 40.2 Å². The molecule has 192 valence electrons. The van der Waals surface area contributed by atoms with Crippen LogP contribution in [0.1, 0.15) is 33.6 Å². The molecule has 0 radical (unpaired) electrons. The van der Waals surface area contributed by atoms with E-state index in [1.54, 1.807) is 35.5 Å². The van der Waals surface area contributed by atoms with E-state index in [1.807, 2.05) is 19.1 Å². The van der Waals surface area contributed by atoms with Crippen molar-refractivity contribution < 1.29 is 24.4 Å². The highest BCUT2D eigenvalue weighted by molar-refractivity contribution is 5.92. The fraction of sp³-hybridized carbons (Fsp3) is 0.440. The molecule has 0 bridgehead atoms. The summed E-state index contributed by atoms with van der Waals surface area (Å²) in [6.45, 7) is 6.89. The molecule has 0 fully saturated rings. The summed E-state index contributed by atoms with van der Waals surface area (Å²) in [5.41, 5.74) is 2.44. The van der Waals surface area contributed by atoms with Crippen LogP contribution in [0.2, 0.25) is 0 Å². The van der Waals surface area contributed by atoms with Crippen LogP contribution in [0.5, 0.6) is 5.88 Å². The summed E-state index contributed by atoms with van der Waals surface area (Å²) >= 11 is 0. The average molecular weight is 498 g/mol. The highest BCUT2D eigenvalue weighted by Crippen LogP contribution is 2.21. The van der Waals surface area contributed by atoms with Crippen LogP contribution in [0.4, 0.5) is 5.82 Å². The van der Waals surface area contributed by atoms with Crippen molar-refractivity contribution in [1.82, 2.24) is 24.4 Å². The first-order valence-electron chi connectivity index (χ1n) is 12.0. The molecule has 0 saturated heterocycles. The maximum Gasteiger partial charge on any atom is 0.333 e. The minimum absolute atomic E-state index is 0.234. The number of carbonyl (C=O) groups excluding carboxylic acids is 2. The lowest BCUT2D eigenvalue weighted by atomic mass is 10.2. The number of hydrogen-bond acceptors (Lipinski definition) is 8. The van der Waals surface area contributed by atoms with Crippen LogP contribution in [-0.4, -0.2) is 69.6 Å². The largest absolute Gasteiger partial charge is 0.481 e. The zero-order chi connectivity index (χ0) is 26.1. The van der Waals surface area contributed by atoms with Crippen molar-refractivity contribution >= 4 is 28.7 Å². The van der Waals surface area contributed by atoms with Crippen LogP contribution < -0.4 is 15.6 Å². The van der Waals surface area contributed by atoms with Gasteiger partial charge in [0.1, 0.15) is 5.52 Å². The lowest BCUT2D eigenvalue weighted by Crippen LogP contribution is -2.81. The molecule has 3 aromatic heterocycles. The topological polar surface area (TPSA) is 133 Å². The number of hydrogen-bond donors (Lipinski definition) is 1. The number of rotatable bonds is 12. The molecule has 0 atom stereocenters. The Morgan fingerprint density at radius 1 is 1.11 bits per heavy atom. The molecule has 0 saturated carbocycles. The van der Waals surface area contributed by atoms with Crippen molar-refractivity contribution in [2.75, 3.05) is 33.4 Å². The number of carbonyl (C=O) groups is 2. The van der Waals surface area contributed by atoms with Gasteiger partial charge < -0.3 is 9.47 Å². The Labute approximate surface area is 209 Å². The molecule has 3 heterocycles. The lowest BCUT2D eigenvalue weighted by molar-refractivity contribution is -0.576. The summed E-state index contributed by atoms with van der Waals surface area (Å²) < 4.78 is 12.4. The van der Waals surface area contributed by atoms with Crippen LogP contribution in [0.25, 0.3) is 22.3 Å². The summed E-state index contributed by atoms with van der Waals surface area (Å²) in [5, 5.41) is 1.74. The fourth-order valence-electron chi connectivity index (χ4n) is 3.76. The van der Waals surface area contributed by atoms with Gasteiger partial charge in [0, 0.05) is 57.8 Å². The molecule has 0 aliphatic heterocycles. The third-order valence-corrected chi connectivity index (χ3v) is 5.59. The predicted molar refractivity (Wildman–Crippen MR) is 134 cm³/mol. The second-order valence-corrected chi connectivity index (χ2v) is 8.25. The van der Waals surface area contributed by atoms with Gasteiger partial charge in [-0.15, -0.1) is 0 Å². The van der Waals surface area contributed by atoms with Crippen molar-refractivity contribution in [3.05, 3.63) is 40.9 Å². The van der Waals surface area contributed by atoms with Gasteiger partial charge in [-0.1, -0.05) is 6.92 Å². The highest BCUT2D eigenvalue weighted by Gasteiger charge is 2.17. The number of quaternary nitrogens is 1. The van der Waals surface area contributed by atoms with Crippen LogP contribution in [0, 0.1) is 0 Å². The van der Waals surface area contributed by atoms with Gasteiger partial charge in [0.2, 0.25) is 17.7 Å². The Balaban J connectivity index is 1.88. The normalized spacial score (nSPS) is 11.0. The van der Waals surface area contributed by atoms with E-state index >= 15 is 0 Å². The SMILES string of the molecule is CCCOCCn1c(=O)c([NH2+]CCCN(C(C)=O)C(C)=O)nc2cnc(-c3ccc(OC)nc3)cc21. The van der Waals surface area contributed by atoms with Crippen molar-refractivity contribution in [2.24, 2.45) is 0 Å². The minimum atomic E-state index is -0.297. The molecular weight excluding hydrogens is 464 g/mol. The highest BCUT2D eigenvalue weighted by atomic mass is 16.5. The van der Waals surface area contributed by atoms with Crippen molar-refractivity contribution in [3.63, 3.8) is 0 Å². The van der Waals surface area contributed by atoms with Gasteiger partial charge >= 0.3 is 5.56 Å². The van der Waals surface area contributed by atoms with Crippen LogP contribution in [0.3, 0.4) is 0 Å². The minimum Gasteiger partial charge on any atom is -0.481 e. The quantitative estimate of drug-likeness (QED) is 0.370. The Morgan fingerprint density at radius 3 is 2.53 bits per heavy atom. The Hall–Kier alpha value is -3.70. The molecule has 36 heavy (non-hydrogen) atoms. The standard InChI is InChI=1S/C25H32N6O5/c1-5-12-36-13-11-31-22-14-20(19-7-8-23(35-4)28-15-19)27-16-21(22)29-24(25(31)34)26-9-6-10-30(17(2)32)18(3)33/h7-8,14-16H,5-6,9-13H2,1-4H3,(H,26,29)/p+1. The molecule has 0 aliphatic carbocycles. The Bertz CT molecular complexity index is 1240. The van der Waals surface area contributed by atoms with Gasteiger partial charge in [-0.2, -0.15) is 4.98 Å². The number of imide groups is 1. The lowest BCUT2D eigenvalue weighted by Gasteiger charge is -2.16. The van der Waals surface area contributed by atoms with Gasteiger partial charge in [0.05, 0.1) is 37.7 Å². The summed E-state index contributed by atoms with van der Waals surface area (Å²) in [5.74, 6) is 0.210. The van der Waals surface area contributed by atoms with E-state index in [0.29, 0.717) is 61.1 Å². The first-order valence-corrected chi connectivity index (χ1v) is 12.0. The maximum absolute atomic E-state index is 13.4. The number of pyridine rings is 2. The molecule has 11 nitrogen and oxygen atoms in total. The van der Waals surface area contributed by atoms with E-state index < -0.39 is 0 Å². The second kappa shape index (κ2) is 12.8. The van der Waals surface area contributed by atoms with E-state index in [1.165, 1.54) is 18.7 Å². The van der Waals surface area contributed by atoms with Crippen LogP contribution in [0.15, 0.2) is 35.4 Å². The molecule has 0 aromatic carbocycles. The maximum atomic E-state index is 13.4. The van der Waals surface area contributed by atoms with E-state index in [9.17, 15) is 14.4 Å². The molecule has 11 heteroatoms. The number of nitrogens with zero attached hydrogens (tertiary/aromatic N) is 5. The van der Waals surface area contributed by atoms with Gasteiger partial charge in [-0.05, 0) is 18.6 Å². The number of methoxy groups -OCH3 is 1. The monoisotopic (exact) mass is 497 g/mol. The second-order valence-electron chi connectivity index (χ2n) is 8.25. The van der Waals surface area contributed by atoms with E-state index in [2.05, 4.69) is 15.0 Å². The zero-order valence-electron chi connectivity index (χ0n) is 21.2.